The van der Waals surface area contributed by atoms with Crippen LogP contribution < -0.4 is 14.8 Å². The number of rotatable bonds is 8. The maximum absolute atomic E-state index is 13.4. The van der Waals surface area contributed by atoms with Gasteiger partial charge < -0.3 is 14.8 Å². The lowest BCUT2D eigenvalue weighted by molar-refractivity contribution is -0.123. The Morgan fingerprint density at radius 3 is 2.44 bits per heavy atom. The van der Waals surface area contributed by atoms with Crippen LogP contribution in [0.1, 0.15) is 0 Å². The zero-order valence-corrected chi connectivity index (χ0v) is 14.5. The van der Waals surface area contributed by atoms with Crippen LogP contribution in [0.3, 0.4) is 0 Å². The standard InChI is InChI=1S/C20H18FN3O3/c21-16-8-4-5-9-18(16)27-14-19(25)22-12-13-26-20-11-10-17(23-24-20)15-6-2-1-3-7-15/h1-11H,12-14H2,(H,22,25). The van der Waals surface area contributed by atoms with Gasteiger partial charge in [0.15, 0.2) is 18.2 Å². The Labute approximate surface area is 156 Å². The highest BCUT2D eigenvalue weighted by molar-refractivity contribution is 5.77. The van der Waals surface area contributed by atoms with Crippen molar-refractivity contribution in [1.29, 1.82) is 0 Å². The van der Waals surface area contributed by atoms with Gasteiger partial charge >= 0.3 is 0 Å². The van der Waals surface area contributed by atoms with Gasteiger partial charge in [-0.2, -0.15) is 0 Å². The number of nitrogens with one attached hydrogen (secondary N) is 1. The molecule has 0 fully saturated rings. The van der Waals surface area contributed by atoms with Crippen molar-refractivity contribution < 1.29 is 18.7 Å². The van der Waals surface area contributed by atoms with E-state index in [-0.39, 0.29) is 31.4 Å². The molecule has 27 heavy (non-hydrogen) atoms. The van der Waals surface area contributed by atoms with Crippen molar-refractivity contribution in [3.05, 3.63) is 72.5 Å². The number of aromatic nitrogens is 2. The monoisotopic (exact) mass is 367 g/mol. The first-order valence-electron chi connectivity index (χ1n) is 8.38. The Hall–Kier alpha value is -3.48. The third-order valence-electron chi connectivity index (χ3n) is 3.58. The van der Waals surface area contributed by atoms with Crippen molar-refractivity contribution in [2.24, 2.45) is 0 Å². The minimum absolute atomic E-state index is 0.0395. The molecule has 138 valence electrons. The molecule has 1 amide bonds. The highest BCUT2D eigenvalue weighted by Gasteiger charge is 2.06. The number of carbonyl (C=O) groups is 1. The number of ether oxygens (including phenoxy) is 2. The van der Waals surface area contributed by atoms with Gasteiger partial charge in [0.1, 0.15) is 6.61 Å². The zero-order valence-electron chi connectivity index (χ0n) is 14.5. The number of hydrogen-bond acceptors (Lipinski definition) is 5. The molecular weight excluding hydrogens is 349 g/mol. The second-order valence-corrected chi connectivity index (χ2v) is 5.54. The molecule has 0 unspecified atom stereocenters. The highest BCUT2D eigenvalue weighted by atomic mass is 19.1. The predicted molar refractivity (Wildman–Crippen MR) is 97.9 cm³/mol. The second kappa shape index (κ2) is 9.28. The van der Waals surface area contributed by atoms with Crippen LogP contribution in [0.15, 0.2) is 66.7 Å². The van der Waals surface area contributed by atoms with Crippen molar-refractivity contribution in [3.63, 3.8) is 0 Å². The molecule has 1 N–H and O–H groups in total. The van der Waals surface area contributed by atoms with E-state index in [1.165, 1.54) is 12.1 Å². The fourth-order valence-corrected chi connectivity index (χ4v) is 2.26. The van der Waals surface area contributed by atoms with Crippen LogP contribution in [0.4, 0.5) is 4.39 Å². The number of hydrogen-bond donors (Lipinski definition) is 1. The number of nitrogens with zero attached hydrogens (tertiary/aromatic N) is 2. The van der Waals surface area contributed by atoms with Crippen LogP contribution >= 0.6 is 0 Å². The highest BCUT2D eigenvalue weighted by Crippen LogP contribution is 2.17. The van der Waals surface area contributed by atoms with Crippen LogP contribution in [-0.2, 0) is 4.79 Å². The maximum Gasteiger partial charge on any atom is 0.258 e. The van der Waals surface area contributed by atoms with E-state index in [2.05, 4.69) is 15.5 Å². The average molecular weight is 367 g/mol. The summed E-state index contributed by atoms with van der Waals surface area (Å²) in [5.74, 6) is -0.470. The van der Waals surface area contributed by atoms with Crippen molar-refractivity contribution in [1.82, 2.24) is 15.5 Å². The van der Waals surface area contributed by atoms with Gasteiger partial charge in [0.2, 0.25) is 5.88 Å². The zero-order chi connectivity index (χ0) is 18.9. The summed E-state index contributed by atoms with van der Waals surface area (Å²) in [6.45, 7) is 0.221. The third-order valence-corrected chi connectivity index (χ3v) is 3.58. The van der Waals surface area contributed by atoms with E-state index in [4.69, 9.17) is 9.47 Å². The Balaban J connectivity index is 1.37. The lowest BCUT2D eigenvalue weighted by Crippen LogP contribution is -2.32. The van der Waals surface area contributed by atoms with Gasteiger partial charge in [-0.15, -0.1) is 10.2 Å². The van der Waals surface area contributed by atoms with E-state index in [0.29, 0.717) is 5.88 Å². The van der Waals surface area contributed by atoms with Crippen LogP contribution in [0.5, 0.6) is 11.6 Å². The molecule has 3 aromatic rings. The molecule has 1 heterocycles. The number of amides is 1. The molecule has 0 saturated heterocycles. The minimum atomic E-state index is -0.508. The quantitative estimate of drug-likeness (QED) is 0.620. The number of para-hydroxylation sites is 1. The fraction of sp³-hybridized carbons (Fsp3) is 0.150. The van der Waals surface area contributed by atoms with Gasteiger partial charge in [-0.1, -0.05) is 42.5 Å². The van der Waals surface area contributed by atoms with E-state index >= 15 is 0 Å². The third kappa shape index (κ3) is 5.50. The Morgan fingerprint density at radius 1 is 0.926 bits per heavy atom. The number of halogens is 1. The summed E-state index contributed by atoms with van der Waals surface area (Å²) in [6.07, 6.45) is 0. The molecule has 2 aromatic carbocycles. The van der Waals surface area contributed by atoms with Gasteiger partial charge in [0.25, 0.3) is 5.91 Å². The molecule has 0 saturated carbocycles. The van der Waals surface area contributed by atoms with Gasteiger partial charge in [-0.25, -0.2) is 4.39 Å². The first kappa shape index (κ1) is 18.3. The molecule has 0 atom stereocenters. The molecule has 0 spiro atoms. The fourth-order valence-electron chi connectivity index (χ4n) is 2.26. The van der Waals surface area contributed by atoms with Crippen molar-refractivity contribution in [2.45, 2.75) is 0 Å². The molecule has 7 heteroatoms. The summed E-state index contributed by atoms with van der Waals surface area (Å²) < 4.78 is 23.9. The van der Waals surface area contributed by atoms with Gasteiger partial charge in [0, 0.05) is 11.6 Å². The summed E-state index contributed by atoms with van der Waals surface area (Å²) in [7, 11) is 0. The van der Waals surface area contributed by atoms with Crippen molar-refractivity contribution in [3.8, 4) is 22.9 Å². The molecule has 0 radical (unpaired) electrons. The van der Waals surface area contributed by atoms with Gasteiger partial charge in [-0.05, 0) is 18.2 Å². The molecule has 0 aliphatic heterocycles. The van der Waals surface area contributed by atoms with Crippen LogP contribution in [-0.4, -0.2) is 35.9 Å². The molecule has 3 rings (SSSR count). The smallest absolute Gasteiger partial charge is 0.258 e. The minimum Gasteiger partial charge on any atom is -0.481 e. The number of benzene rings is 2. The van der Waals surface area contributed by atoms with E-state index in [1.54, 1.807) is 18.2 Å². The van der Waals surface area contributed by atoms with Crippen LogP contribution in [0.25, 0.3) is 11.3 Å². The van der Waals surface area contributed by atoms with E-state index in [9.17, 15) is 9.18 Å². The topological polar surface area (TPSA) is 73.3 Å². The Bertz CT molecular complexity index is 873. The summed E-state index contributed by atoms with van der Waals surface area (Å²) in [6, 6.07) is 19.1. The lowest BCUT2D eigenvalue weighted by Gasteiger charge is -2.09. The molecule has 6 nitrogen and oxygen atoms in total. The Kier molecular flexibility index (Phi) is 6.30. The normalized spacial score (nSPS) is 10.3. The molecule has 0 bridgehead atoms. The molecule has 1 aromatic heterocycles. The van der Waals surface area contributed by atoms with Crippen molar-refractivity contribution >= 4 is 5.91 Å². The molecular formula is C20H18FN3O3. The van der Waals surface area contributed by atoms with E-state index < -0.39 is 5.82 Å². The van der Waals surface area contributed by atoms with Gasteiger partial charge in [0.05, 0.1) is 12.2 Å². The largest absolute Gasteiger partial charge is 0.481 e. The van der Waals surface area contributed by atoms with Gasteiger partial charge in [-0.3, -0.25) is 4.79 Å². The first-order valence-corrected chi connectivity index (χ1v) is 8.38. The van der Waals surface area contributed by atoms with Crippen LogP contribution in [0.2, 0.25) is 0 Å². The van der Waals surface area contributed by atoms with Crippen molar-refractivity contribution in [2.75, 3.05) is 19.8 Å². The summed E-state index contributed by atoms with van der Waals surface area (Å²) >= 11 is 0. The Morgan fingerprint density at radius 2 is 1.70 bits per heavy atom. The van der Waals surface area contributed by atoms with E-state index in [0.717, 1.165) is 11.3 Å². The maximum atomic E-state index is 13.4. The summed E-state index contributed by atoms with van der Waals surface area (Å²) in [4.78, 5) is 11.7. The number of carbonyl (C=O) groups excluding carboxylic acids is 1. The summed E-state index contributed by atoms with van der Waals surface area (Å²) in [5.41, 5.74) is 1.72. The average Bonchev–Trinajstić information content (AvgIpc) is 2.72. The second-order valence-electron chi connectivity index (χ2n) is 5.54. The first-order chi connectivity index (χ1) is 13.2. The molecule has 0 aliphatic carbocycles. The predicted octanol–water partition coefficient (Wildman–Crippen LogP) is 2.86. The SMILES string of the molecule is O=C(COc1ccccc1F)NCCOc1ccc(-c2ccccc2)nn1. The van der Waals surface area contributed by atoms with E-state index in [1.807, 2.05) is 36.4 Å². The lowest BCUT2D eigenvalue weighted by atomic mass is 10.1. The van der Waals surface area contributed by atoms with Crippen LogP contribution in [0, 0.1) is 5.82 Å². The molecule has 0 aliphatic rings. The summed E-state index contributed by atoms with van der Waals surface area (Å²) in [5, 5.41) is 10.7.